The zero-order valence-electron chi connectivity index (χ0n) is 15.7. The minimum Gasteiger partial charge on any atom is -0.467 e. The Balaban J connectivity index is 2.90. The van der Waals surface area contributed by atoms with E-state index in [1.807, 2.05) is 0 Å². The highest BCUT2D eigenvalue weighted by Gasteiger charge is 2.27. The number of Topliss-reactive ketones (excluding diaryl/α,β-unsaturated/α-hetero) is 1. The van der Waals surface area contributed by atoms with Gasteiger partial charge in [-0.05, 0) is 18.1 Å². The second-order valence-electron chi connectivity index (χ2n) is 6.06. The first kappa shape index (κ1) is 22.3. The molecule has 0 saturated heterocycles. The van der Waals surface area contributed by atoms with Crippen molar-refractivity contribution in [3.63, 3.8) is 0 Å². The molecule has 0 aromatic heterocycles. The molecule has 0 spiro atoms. The number of ketones is 1. The number of carbonyl (C=O) groups is 4. The number of esters is 1. The zero-order valence-corrected chi connectivity index (χ0v) is 15.7. The van der Waals surface area contributed by atoms with Crippen LogP contribution in [0, 0.1) is 5.82 Å². The maximum atomic E-state index is 13.9. The van der Waals surface area contributed by atoms with Gasteiger partial charge in [-0.3, -0.25) is 14.4 Å². The van der Waals surface area contributed by atoms with Crippen molar-refractivity contribution in [1.82, 2.24) is 10.6 Å². The van der Waals surface area contributed by atoms with Crippen molar-refractivity contribution in [3.8, 4) is 0 Å². The highest BCUT2D eigenvalue weighted by molar-refractivity contribution is 5.90. The molecule has 2 N–H and O–H groups in total. The van der Waals surface area contributed by atoms with Gasteiger partial charge >= 0.3 is 5.97 Å². The van der Waals surface area contributed by atoms with Crippen LogP contribution in [0.1, 0.15) is 38.7 Å². The summed E-state index contributed by atoms with van der Waals surface area (Å²) in [6.45, 7) is 2.94. The second-order valence-corrected chi connectivity index (χ2v) is 6.06. The molecule has 0 radical (unpaired) electrons. The van der Waals surface area contributed by atoms with E-state index in [1.165, 1.54) is 32.2 Å². The molecule has 148 valence electrons. The van der Waals surface area contributed by atoms with Gasteiger partial charge in [0.05, 0.1) is 7.11 Å². The Morgan fingerprint density at radius 2 is 1.78 bits per heavy atom. The predicted molar refractivity (Wildman–Crippen MR) is 96.2 cm³/mol. The first-order valence-electron chi connectivity index (χ1n) is 8.68. The molecule has 2 amide bonds. The average molecular weight is 380 g/mol. The number of benzene rings is 1. The molecular formula is C19H25FN2O5. The van der Waals surface area contributed by atoms with Gasteiger partial charge < -0.3 is 15.4 Å². The largest absolute Gasteiger partial charge is 0.467 e. The molecule has 0 bridgehead atoms. The van der Waals surface area contributed by atoms with Crippen LogP contribution in [-0.4, -0.2) is 42.8 Å². The Morgan fingerprint density at radius 3 is 2.33 bits per heavy atom. The first-order valence-corrected chi connectivity index (χ1v) is 8.68. The van der Waals surface area contributed by atoms with Crippen LogP contribution < -0.4 is 10.6 Å². The number of carbonyl (C=O) groups excluding carboxylic acids is 4. The summed E-state index contributed by atoms with van der Waals surface area (Å²) in [7, 11) is 1.17. The summed E-state index contributed by atoms with van der Waals surface area (Å²) in [5.74, 6) is -2.38. The lowest BCUT2D eigenvalue weighted by Gasteiger charge is -2.22. The number of nitrogens with one attached hydrogen (secondary N) is 2. The van der Waals surface area contributed by atoms with E-state index >= 15 is 0 Å². The number of amides is 2. The van der Waals surface area contributed by atoms with E-state index in [9.17, 15) is 23.6 Å². The van der Waals surface area contributed by atoms with E-state index in [0.717, 1.165) is 0 Å². The van der Waals surface area contributed by atoms with Crippen molar-refractivity contribution in [3.05, 3.63) is 35.6 Å². The number of hydrogen-bond acceptors (Lipinski definition) is 5. The van der Waals surface area contributed by atoms with Crippen LogP contribution in [0.2, 0.25) is 0 Å². The lowest BCUT2D eigenvalue weighted by molar-refractivity contribution is -0.145. The van der Waals surface area contributed by atoms with Crippen LogP contribution in [0.5, 0.6) is 0 Å². The van der Waals surface area contributed by atoms with E-state index in [0.29, 0.717) is 6.42 Å². The zero-order chi connectivity index (χ0) is 20.4. The molecule has 0 aliphatic carbocycles. The van der Waals surface area contributed by atoms with Crippen molar-refractivity contribution in [2.75, 3.05) is 7.11 Å². The number of ether oxygens (including phenoxy) is 1. The summed E-state index contributed by atoms with van der Waals surface area (Å²) < 4.78 is 18.6. The molecule has 1 rings (SSSR count). The molecule has 1 aromatic rings. The van der Waals surface area contributed by atoms with E-state index < -0.39 is 35.7 Å². The van der Waals surface area contributed by atoms with Crippen LogP contribution >= 0.6 is 0 Å². The molecule has 7 nitrogen and oxygen atoms in total. The summed E-state index contributed by atoms with van der Waals surface area (Å²) in [5, 5.41) is 4.95. The molecule has 0 saturated carbocycles. The fourth-order valence-corrected chi connectivity index (χ4v) is 2.48. The number of rotatable bonds is 10. The minimum atomic E-state index is -1.08. The third-order valence-corrected chi connectivity index (χ3v) is 3.98. The molecule has 0 unspecified atom stereocenters. The minimum absolute atomic E-state index is 0.0529. The molecule has 0 heterocycles. The summed E-state index contributed by atoms with van der Waals surface area (Å²) in [6.07, 6.45) is 0.426. The van der Waals surface area contributed by atoms with Gasteiger partial charge in [0.1, 0.15) is 23.7 Å². The highest BCUT2D eigenvalue weighted by atomic mass is 19.1. The Hall–Kier alpha value is -2.77. The molecule has 0 fully saturated rings. The van der Waals surface area contributed by atoms with Crippen LogP contribution in [0.15, 0.2) is 24.3 Å². The van der Waals surface area contributed by atoms with Gasteiger partial charge in [-0.2, -0.15) is 0 Å². The second kappa shape index (κ2) is 11.1. The molecular weight excluding hydrogens is 355 g/mol. The van der Waals surface area contributed by atoms with E-state index in [4.69, 9.17) is 0 Å². The lowest BCUT2D eigenvalue weighted by atomic mass is 10.0. The van der Waals surface area contributed by atoms with Gasteiger partial charge in [0.15, 0.2) is 0 Å². The van der Waals surface area contributed by atoms with Crippen LogP contribution in [-0.2, 0) is 30.3 Å². The maximum Gasteiger partial charge on any atom is 0.328 e. The van der Waals surface area contributed by atoms with Crippen molar-refractivity contribution < 1.29 is 28.3 Å². The Bertz CT molecular complexity index is 692. The number of hydrogen-bond donors (Lipinski definition) is 2. The lowest BCUT2D eigenvalue weighted by Crippen LogP contribution is -2.52. The summed E-state index contributed by atoms with van der Waals surface area (Å²) >= 11 is 0. The van der Waals surface area contributed by atoms with Crippen molar-refractivity contribution in [2.24, 2.45) is 0 Å². The summed E-state index contributed by atoms with van der Waals surface area (Å²) in [6, 6.07) is 3.79. The summed E-state index contributed by atoms with van der Waals surface area (Å²) in [5.41, 5.74) is 0.252. The molecule has 0 aliphatic heterocycles. The quantitative estimate of drug-likeness (QED) is 0.596. The monoisotopic (exact) mass is 380 g/mol. The normalized spacial score (nSPS) is 12.6. The van der Waals surface area contributed by atoms with Gasteiger partial charge in [-0.15, -0.1) is 0 Å². The van der Waals surface area contributed by atoms with Crippen molar-refractivity contribution in [2.45, 2.75) is 51.6 Å². The van der Waals surface area contributed by atoms with Gasteiger partial charge in [0, 0.05) is 26.2 Å². The average Bonchev–Trinajstić information content (AvgIpc) is 2.64. The molecule has 27 heavy (non-hydrogen) atoms. The SMILES string of the molecule is CCC(=O)CC[C@H](NC(=O)[C@@H](Cc1ccccc1F)NC(C)=O)C(=O)OC. The van der Waals surface area contributed by atoms with Crippen LogP contribution in [0.4, 0.5) is 4.39 Å². The fraction of sp³-hybridized carbons (Fsp3) is 0.474. The maximum absolute atomic E-state index is 13.9. The Kier molecular flexibility index (Phi) is 9.12. The van der Waals surface area contributed by atoms with Gasteiger partial charge in [-0.1, -0.05) is 25.1 Å². The standard InChI is InChI=1S/C19H25FN2O5/c1-4-14(24)9-10-16(19(26)27-3)22-18(25)17(21-12(2)23)11-13-7-5-6-8-15(13)20/h5-8,16-17H,4,9-11H2,1-3H3,(H,21,23)(H,22,25)/t16-,17+/m0/s1. The third-order valence-electron chi connectivity index (χ3n) is 3.98. The smallest absolute Gasteiger partial charge is 0.328 e. The number of methoxy groups -OCH3 is 1. The van der Waals surface area contributed by atoms with Crippen molar-refractivity contribution in [1.29, 1.82) is 0 Å². The molecule has 0 aliphatic rings. The fourth-order valence-electron chi connectivity index (χ4n) is 2.48. The van der Waals surface area contributed by atoms with Gasteiger partial charge in [0.2, 0.25) is 11.8 Å². The molecule has 2 atom stereocenters. The topological polar surface area (TPSA) is 102 Å². The van der Waals surface area contributed by atoms with Crippen LogP contribution in [0.3, 0.4) is 0 Å². The van der Waals surface area contributed by atoms with E-state index in [1.54, 1.807) is 13.0 Å². The predicted octanol–water partition coefficient (Wildman–Crippen LogP) is 1.29. The molecule has 8 heteroatoms. The van der Waals surface area contributed by atoms with Gasteiger partial charge in [0.25, 0.3) is 0 Å². The number of halogens is 1. The highest BCUT2D eigenvalue weighted by Crippen LogP contribution is 2.10. The summed E-state index contributed by atoms with van der Waals surface area (Å²) in [4.78, 5) is 47.5. The Morgan fingerprint density at radius 1 is 1.11 bits per heavy atom. The Labute approximate surface area is 157 Å². The molecule has 1 aromatic carbocycles. The first-order chi connectivity index (χ1) is 12.8. The third kappa shape index (κ3) is 7.55. The van der Waals surface area contributed by atoms with Crippen molar-refractivity contribution >= 4 is 23.6 Å². The van der Waals surface area contributed by atoms with Gasteiger partial charge in [-0.25, -0.2) is 9.18 Å². The van der Waals surface area contributed by atoms with E-state index in [2.05, 4.69) is 15.4 Å². The van der Waals surface area contributed by atoms with E-state index in [-0.39, 0.29) is 30.6 Å². The van der Waals surface area contributed by atoms with Crippen LogP contribution in [0.25, 0.3) is 0 Å².